The van der Waals surface area contributed by atoms with E-state index in [2.05, 4.69) is 10.9 Å². The van der Waals surface area contributed by atoms with Crippen molar-refractivity contribution >= 4 is 11.6 Å². The Bertz CT molecular complexity index is 320. The van der Waals surface area contributed by atoms with Crippen molar-refractivity contribution in [2.75, 3.05) is 5.73 Å². The Morgan fingerprint density at radius 3 is 2.54 bits per heavy atom. The number of carbonyl (C=O) groups is 1. The normalized spacial score (nSPS) is 21.5. The standard InChI is InChI=1S/C9H11N3O/c10-7-3-1-6(2-4-7)8-5-9(13)12-11-8/h1-4,8,11H,5,10H2,(H,12,13). The fraction of sp³-hybridized carbons (Fsp3) is 0.222. The molecule has 4 N–H and O–H groups in total. The molecule has 13 heavy (non-hydrogen) atoms. The SMILES string of the molecule is Nc1ccc(C2CC(=O)NN2)cc1. The number of anilines is 1. The predicted molar refractivity (Wildman–Crippen MR) is 49.5 cm³/mol. The van der Waals surface area contributed by atoms with Crippen LogP contribution in [0, 0.1) is 0 Å². The second kappa shape index (κ2) is 3.06. The van der Waals surface area contributed by atoms with Crippen molar-refractivity contribution < 1.29 is 4.79 Å². The molecule has 0 aromatic heterocycles. The van der Waals surface area contributed by atoms with E-state index in [1.807, 2.05) is 24.3 Å². The lowest BCUT2D eigenvalue weighted by Gasteiger charge is -2.08. The fourth-order valence-corrected chi connectivity index (χ4v) is 1.38. The lowest BCUT2D eigenvalue weighted by Crippen LogP contribution is -2.27. The van der Waals surface area contributed by atoms with Gasteiger partial charge in [-0.2, -0.15) is 0 Å². The van der Waals surface area contributed by atoms with Gasteiger partial charge in [0.2, 0.25) is 5.91 Å². The van der Waals surface area contributed by atoms with Gasteiger partial charge in [-0.1, -0.05) is 12.1 Å². The van der Waals surface area contributed by atoms with Gasteiger partial charge >= 0.3 is 0 Å². The summed E-state index contributed by atoms with van der Waals surface area (Å²) in [4.78, 5) is 10.9. The summed E-state index contributed by atoms with van der Waals surface area (Å²) in [7, 11) is 0. The van der Waals surface area contributed by atoms with Crippen LogP contribution in [0.2, 0.25) is 0 Å². The number of amides is 1. The summed E-state index contributed by atoms with van der Waals surface area (Å²) in [6, 6.07) is 7.59. The van der Waals surface area contributed by atoms with Gasteiger partial charge in [0, 0.05) is 12.1 Å². The summed E-state index contributed by atoms with van der Waals surface area (Å²) in [6.45, 7) is 0. The lowest BCUT2D eigenvalue weighted by atomic mass is 10.1. The van der Waals surface area contributed by atoms with Crippen LogP contribution in [0.3, 0.4) is 0 Å². The number of hydrogen-bond donors (Lipinski definition) is 3. The van der Waals surface area contributed by atoms with Crippen LogP contribution in [-0.2, 0) is 4.79 Å². The van der Waals surface area contributed by atoms with E-state index in [-0.39, 0.29) is 11.9 Å². The van der Waals surface area contributed by atoms with Crippen LogP contribution in [0.5, 0.6) is 0 Å². The second-order valence-corrected chi connectivity index (χ2v) is 3.12. The van der Waals surface area contributed by atoms with E-state index in [0.717, 1.165) is 11.3 Å². The van der Waals surface area contributed by atoms with Crippen molar-refractivity contribution in [1.82, 2.24) is 10.9 Å². The molecule has 1 aliphatic heterocycles. The van der Waals surface area contributed by atoms with Gasteiger partial charge in [0.15, 0.2) is 0 Å². The maximum Gasteiger partial charge on any atom is 0.236 e. The van der Waals surface area contributed by atoms with Gasteiger partial charge < -0.3 is 5.73 Å². The van der Waals surface area contributed by atoms with Crippen LogP contribution in [0.25, 0.3) is 0 Å². The molecule has 4 nitrogen and oxygen atoms in total. The minimum atomic E-state index is 0.0295. The smallest absolute Gasteiger partial charge is 0.236 e. The van der Waals surface area contributed by atoms with E-state index >= 15 is 0 Å². The molecule has 0 radical (unpaired) electrons. The predicted octanol–water partition coefficient (Wildman–Crippen LogP) is 0.334. The van der Waals surface area contributed by atoms with Gasteiger partial charge in [-0.05, 0) is 17.7 Å². The Morgan fingerprint density at radius 2 is 2.00 bits per heavy atom. The molecule has 1 saturated heterocycles. The molecule has 1 aromatic carbocycles. The number of nitrogens with two attached hydrogens (primary N) is 1. The number of nitrogens with one attached hydrogen (secondary N) is 2. The molecular weight excluding hydrogens is 166 g/mol. The Labute approximate surface area is 76.1 Å². The van der Waals surface area contributed by atoms with Gasteiger partial charge in [-0.25, -0.2) is 5.43 Å². The molecular formula is C9H11N3O. The Hall–Kier alpha value is -1.55. The number of carbonyl (C=O) groups excluding carboxylic acids is 1. The zero-order valence-corrected chi connectivity index (χ0v) is 7.08. The van der Waals surface area contributed by atoms with E-state index in [1.54, 1.807) is 0 Å². The lowest BCUT2D eigenvalue weighted by molar-refractivity contribution is -0.119. The van der Waals surface area contributed by atoms with Crippen LogP contribution in [0.1, 0.15) is 18.0 Å². The first-order valence-electron chi connectivity index (χ1n) is 4.15. The first-order chi connectivity index (χ1) is 6.25. The largest absolute Gasteiger partial charge is 0.399 e. The number of benzene rings is 1. The van der Waals surface area contributed by atoms with Crippen molar-refractivity contribution in [3.05, 3.63) is 29.8 Å². The summed E-state index contributed by atoms with van der Waals surface area (Å²) in [5.41, 5.74) is 12.8. The highest BCUT2D eigenvalue weighted by molar-refractivity contribution is 5.78. The quantitative estimate of drug-likeness (QED) is 0.542. The first kappa shape index (κ1) is 8.07. The maximum absolute atomic E-state index is 10.9. The van der Waals surface area contributed by atoms with E-state index in [9.17, 15) is 4.79 Å². The maximum atomic E-state index is 10.9. The minimum absolute atomic E-state index is 0.0295. The van der Waals surface area contributed by atoms with E-state index in [4.69, 9.17) is 5.73 Å². The average molecular weight is 177 g/mol. The van der Waals surface area contributed by atoms with Crippen molar-refractivity contribution in [1.29, 1.82) is 0 Å². The van der Waals surface area contributed by atoms with Crippen molar-refractivity contribution in [3.8, 4) is 0 Å². The van der Waals surface area contributed by atoms with E-state index < -0.39 is 0 Å². The van der Waals surface area contributed by atoms with Crippen LogP contribution >= 0.6 is 0 Å². The number of hydrazine groups is 1. The summed E-state index contributed by atoms with van der Waals surface area (Å²) < 4.78 is 0. The third-order valence-electron chi connectivity index (χ3n) is 2.11. The Kier molecular flexibility index (Phi) is 1.90. The highest BCUT2D eigenvalue weighted by Gasteiger charge is 2.21. The molecule has 68 valence electrons. The monoisotopic (exact) mass is 177 g/mol. The molecule has 1 aliphatic rings. The van der Waals surface area contributed by atoms with Crippen molar-refractivity contribution in [2.45, 2.75) is 12.5 Å². The molecule has 1 aromatic rings. The summed E-state index contributed by atoms with van der Waals surface area (Å²) >= 11 is 0. The van der Waals surface area contributed by atoms with E-state index in [1.165, 1.54) is 0 Å². The third kappa shape index (κ3) is 1.62. The number of nitrogen functional groups attached to an aromatic ring is 1. The van der Waals surface area contributed by atoms with Crippen LogP contribution < -0.4 is 16.6 Å². The molecule has 0 saturated carbocycles. The molecule has 1 heterocycles. The fourth-order valence-electron chi connectivity index (χ4n) is 1.38. The van der Waals surface area contributed by atoms with Gasteiger partial charge in [0.05, 0.1) is 6.04 Å². The molecule has 0 bridgehead atoms. The minimum Gasteiger partial charge on any atom is -0.399 e. The Morgan fingerprint density at radius 1 is 1.31 bits per heavy atom. The molecule has 4 heteroatoms. The highest BCUT2D eigenvalue weighted by Crippen LogP contribution is 2.19. The van der Waals surface area contributed by atoms with Gasteiger partial charge in [0.25, 0.3) is 0 Å². The van der Waals surface area contributed by atoms with Crippen LogP contribution in [-0.4, -0.2) is 5.91 Å². The zero-order chi connectivity index (χ0) is 9.26. The van der Waals surface area contributed by atoms with Gasteiger partial charge in [0.1, 0.15) is 0 Å². The summed E-state index contributed by atoms with van der Waals surface area (Å²) in [6.07, 6.45) is 0.490. The van der Waals surface area contributed by atoms with E-state index in [0.29, 0.717) is 6.42 Å². The van der Waals surface area contributed by atoms with Gasteiger partial charge in [-0.15, -0.1) is 0 Å². The van der Waals surface area contributed by atoms with Crippen LogP contribution in [0.4, 0.5) is 5.69 Å². The number of rotatable bonds is 1. The molecule has 2 rings (SSSR count). The van der Waals surface area contributed by atoms with Gasteiger partial charge in [-0.3, -0.25) is 10.2 Å². The Balaban J connectivity index is 2.17. The molecule has 0 spiro atoms. The second-order valence-electron chi connectivity index (χ2n) is 3.12. The topological polar surface area (TPSA) is 67.2 Å². The molecule has 1 unspecified atom stereocenters. The highest BCUT2D eigenvalue weighted by atomic mass is 16.2. The molecule has 1 atom stereocenters. The van der Waals surface area contributed by atoms with Crippen LogP contribution in [0.15, 0.2) is 24.3 Å². The average Bonchev–Trinajstić information content (AvgIpc) is 2.53. The molecule has 1 amide bonds. The number of hydrogen-bond acceptors (Lipinski definition) is 3. The van der Waals surface area contributed by atoms with Crippen molar-refractivity contribution in [2.24, 2.45) is 0 Å². The zero-order valence-electron chi connectivity index (χ0n) is 7.08. The summed E-state index contributed by atoms with van der Waals surface area (Å²) in [5, 5.41) is 0. The molecule has 1 fully saturated rings. The first-order valence-corrected chi connectivity index (χ1v) is 4.15. The summed E-state index contributed by atoms with van der Waals surface area (Å²) in [5.74, 6) is 0.0295. The van der Waals surface area contributed by atoms with Crippen molar-refractivity contribution in [3.63, 3.8) is 0 Å². The molecule has 0 aliphatic carbocycles. The third-order valence-corrected chi connectivity index (χ3v) is 2.11.